The number of aliphatic hydroxyl groups is 8. The van der Waals surface area contributed by atoms with Crippen LogP contribution in [0.5, 0.6) is 0 Å². The molecule has 0 radical (unpaired) electrons. The van der Waals surface area contributed by atoms with E-state index < -0.39 is 74.6 Å². The molecule has 10 atom stereocenters. The normalized spacial score (nSPS) is 51.7. The average Bonchev–Trinajstić information content (AvgIpc) is 2.54. The zero-order valence-electron chi connectivity index (χ0n) is 12.0. The van der Waals surface area contributed by atoms with Crippen molar-refractivity contribution < 1.29 is 55.1 Å². The van der Waals surface area contributed by atoms with Crippen molar-refractivity contribution in [3.63, 3.8) is 0 Å². The highest BCUT2D eigenvalue weighted by Crippen LogP contribution is 2.28. The quantitative estimate of drug-likeness (QED) is 0.243. The van der Waals surface area contributed by atoms with Crippen molar-refractivity contribution in [1.29, 1.82) is 0 Å². The minimum absolute atomic E-state index is 0.651. The Morgan fingerprint density at radius 3 is 1.74 bits per heavy atom. The molecule has 0 amide bonds. The molecule has 2 saturated heterocycles. The van der Waals surface area contributed by atoms with Crippen LogP contribution in [-0.4, -0.2) is 115 Å². The van der Waals surface area contributed by atoms with Crippen LogP contribution in [0.1, 0.15) is 0 Å². The van der Waals surface area contributed by atoms with Gasteiger partial charge in [0.05, 0.1) is 13.2 Å². The molecule has 2 aliphatic heterocycles. The molecule has 0 aromatic carbocycles. The molecule has 0 bridgehead atoms. The Labute approximate surface area is 130 Å². The number of aliphatic hydroxyl groups excluding tert-OH is 8. The van der Waals surface area contributed by atoms with Gasteiger partial charge in [-0.2, -0.15) is 0 Å². The fraction of sp³-hybridized carbons (Fsp3) is 1.00. The van der Waals surface area contributed by atoms with Gasteiger partial charge in [-0.25, -0.2) is 0 Å². The Kier molecular flexibility index (Phi) is 6.27. The highest BCUT2D eigenvalue weighted by Gasteiger charge is 2.50. The molecule has 2 fully saturated rings. The predicted octanol–water partition coefficient (Wildman–Crippen LogP) is -5.40. The first-order valence-electron chi connectivity index (χ1n) is 7.08. The highest BCUT2D eigenvalue weighted by molar-refractivity contribution is 4.93. The Bertz CT molecular complexity index is 380. The first kappa shape index (κ1) is 18.9. The zero-order valence-corrected chi connectivity index (χ0v) is 12.0. The van der Waals surface area contributed by atoms with E-state index in [4.69, 9.17) is 24.4 Å². The maximum atomic E-state index is 9.94. The van der Waals surface area contributed by atoms with E-state index in [1.807, 2.05) is 0 Å². The molecule has 0 aromatic rings. The molecule has 0 spiro atoms. The van der Waals surface area contributed by atoms with Crippen molar-refractivity contribution in [2.75, 3.05) is 13.2 Å². The summed E-state index contributed by atoms with van der Waals surface area (Å²) in [5.74, 6) is 0. The van der Waals surface area contributed by atoms with Gasteiger partial charge in [0.2, 0.25) is 0 Å². The Morgan fingerprint density at radius 2 is 1.17 bits per heavy atom. The second kappa shape index (κ2) is 7.63. The van der Waals surface area contributed by atoms with Gasteiger partial charge in [0.1, 0.15) is 48.8 Å². The van der Waals surface area contributed by atoms with Crippen LogP contribution in [0.15, 0.2) is 0 Å². The number of rotatable bonds is 4. The van der Waals surface area contributed by atoms with Crippen LogP contribution in [0.4, 0.5) is 0 Å². The standard InChI is InChI=1S/C12H22O11/c13-1-3-6(16)8(18)10(11(20)21-3)23-12-9(19)7(17)5(15)4(2-14)22-12/h3-20H,1-2H2/t3?,4?,5-,6-,7?,8?,9?,10?,11+,12+/m0/s1. The summed E-state index contributed by atoms with van der Waals surface area (Å²) in [6, 6.07) is 0. The van der Waals surface area contributed by atoms with E-state index in [-0.39, 0.29) is 0 Å². The predicted molar refractivity (Wildman–Crippen MR) is 68.6 cm³/mol. The van der Waals surface area contributed by atoms with Crippen molar-refractivity contribution >= 4 is 0 Å². The van der Waals surface area contributed by atoms with Crippen molar-refractivity contribution in [3.05, 3.63) is 0 Å². The van der Waals surface area contributed by atoms with Gasteiger partial charge < -0.3 is 55.1 Å². The van der Waals surface area contributed by atoms with Gasteiger partial charge in [-0.05, 0) is 0 Å². The number of hydrogen-bond acceptors (Lipinski definition) is 11. The molecule has 136 valence electrons. The van der Waals surface area contributed by atoms with Gasteiger partial charge >= 0.3 is 0 Å². The molecule has 6 unspecified atom stereocenters. The SMILES string of the molecule is OCC1O[C@H](OC2C(O)[C@@H](O)C(CO)O[C@H]2O)C(O)C(O)[C@H]1O. The van der Waals surface area contributed by atoms with E-state index >= 15 is 0 Å². The zero-order chi connectivity index (χ0) is 17.3. The molecule has 0 aromatic heterocycles. The lowest BCUT2D eigenvalue weighted by Crippen LogP contribution is -2.64. The van der Waals surface area contributed by atoms with Gasteiger partial charge in [-0.1, -0.05) is 0 Å². The van der Waals surface area contributed by atoms with Crippen LogP contribution < -0.4 is 0 Å². The minimum atomic E-state index is -1.75. The molecule has 0 aliphatic carbocycles. The molecule has 2 rings (SSSR count). The molecule has 2 heterocycles. The van der Waals surface area contributed by atoms with Gasteiger partial charge in [-0.15, -0.1) is 0 Å². The monoisotopic (exact) mass is 342 g/mol. The molecule has 23 heavy (non-hydrogen) atoms. The van der Waals surface area contributed by atoms with Crippen molar-refractivity contribution in [3.8, 4) is 0 Å². The first-order valence-corrected chi connectivity index (χ1v) is 7.08. The van der Waals surface area contributed by atoms with Crippen LogP contribution in [0.3, 0.4) is 0 Å². The highest BCUT2D eigenvalue weighted by atomic mass is 16.7. The van der Waals surface area contributed by atoms with Crippen molar-refractivity contribution in [2.24, 2.45) is 0 Å². The third kappa shape index (κ3) is 3.65. The summed E-state index contributed by atoms with van der Waals surface area (Å²) in [6.07, 6.45) is -15.6. The summed E-state index contributed by atoms with van der Waals surface area (Å²) in [6.45, 7) is -1.33. The number of hydrogen-bond donors (Lipinski definition) is 8. The second-order valence-corrected chi connectivity index (χ2v) is 5.53. The van der Waals surface area contributed by atoms with Gasteiger partial charge in [0.15, 0.2) is 12.6 Å². The Balaban J connectivity index is 2.08. The summed E-state index contributed by atoms with van der Waals surface area (Å²) in [5, 5.41) is 76.7. The van der Waals surface area contributed by atoms with Gasteiger partial charge in [0, 0.05) is 0 Å². The Morgan fingerprint density at radius 1 is 0.652 bits per heavy atom. The molecular formula is C12H22O11. The third-order valence-electron chi connectivity index (χ3n) is 3.98. The van der Waals surface area contributed by atoms with E-state index in [0.717, 1.165) is 0 Å². The topological polar surface area (TPSA) is 190 Å². The van der Waals surface area contributed by atoms with E-state index in [0.29, 0.717) is 0 Å². The lowest BCUT2D eigenvalue weighted by molar-refractivity contribution is -0.361. The second-order valence-electron chi connectivity index (χ2n) is 5.53. The Hall–Kier alpha value is -0.440. The van der Waals surface area contributed by atoms with Crippen LogP contribution in [0.25, 0.3) is 0 Å². The first-order chi connectivity index (χ1) is 10.8. The summed E-state index contributed by atoms with van der Waals surface area (Å²) >= 11 is 0. The molecule has 0 saturated carbocycles. The largest absolute Gasteiger partial charge is 0.394 e. The van der Waals surface area contributed by atoms with E-state index in [9.17, 15) is 30.6 Å². The van der Waals surface area contributed by atoms with Gasteiger partial charge in [-0.3, -0.25) is 0 Å². The van der Waals surface area contributed by atoms with Crippen LogP contribution in [-0.2, 0) is 14.2 Å². The van der Waals surface area contributed by atoms with Crippen LogP contribution in [0, 0.1) is 0 Å². The molecule has 2 aliphatic rings. The third-order valence-corrected chi connectivity index (χ3v) is 3.98. The molecule has 8 N–H and O–H groups in total. The summed E-state index contributed by atoms with van der Waals surface area (Å²) in [7, 11) is 0. The minimum Gasteiger partial charge on any atom is -0.394 e. The average molecular weight is 342 g/mol. The summed E-state index contributed by atoms with van der Waals surface area (Å²) in [5.41, 5.74) is 0. The van der Waals surface area contributed by atoms with E-state index in [1.165, 1.54) is 0 Å². The van der Waals surface area contributed by atoms with Crippen molar-refractivity contribution in [2.45, 2.75) is 61.4 Å². The van der Waals surface area contributed by atoms with Gasteiger partial charge in [0.25, 0.3) is 0 Å². The number of ether oxygens (including phenoxy) is 3. The summed E-state index contributed by atoms with van der Waals surface area (Å²) < 4.78 is 15.1. The lowest BCUT2D eigenvalue weighted by Gasteiger charge is -2.44. The van der Waals surface area contributed by atoms with Crippen LogP contribution >= 0.6 is 0 Å². The molecule has 11 nitrogen and oxygen atoms in total. The molecule has 11 heteroatoms. The van der Waals surface area contributed by atoms with E-state index in [2.05, 4.69) is 0 Å². The van der Waals surface area contributed by atoms with Crippen LogP contribution in [0.2, 0.25) is 0 Å². The van der Waals surface area contributed by atoms with Crippen molar-refractivity contribution in [1.82, 2.24) is 0 Å². The fourth-order valence-corrected chi connectivity index (χ4v) is 2.55. The van der Waals surface area contributed by atoms with E-state index in [1.54, 1.807) is 0 Å². The maximum Gasteiger partial charge on any atom is 0.187 e. The fourth-order valence-electron chi connectivity index (χ4n) is 2.55. The summed E-state index contributed by atoms with van der Waals surface area (Å²) in [4.78, 5) is 0. The maximum absolute atomic E-state index is 9.94. The molecular weight excluding hydrogens is 320 g/mol. The lowest BCUT2D eigenvalue weighted by atomic mass is 9.97. The smallest absolute Gasteiger partial charge is 0.187 e.